The minimum Gasteiger partial charge on any atom is -0.315 e. The van der Waals surface area contributed by atoms with Gasteiger partial charge in [-0.2, -0.15) is 0 Å². The molecular weight excluding hydrogens is 222 g/mol. The van der Waals surface area contributed by atoms with Crippen LogP contribution >= 0.6 is 12.4 Å². The van der Waals surface area contributed by atoms with E-state index in [9.17, 15) is 0 Å². The predicted octanol–water partition coefficient (Wildman–Crippen LogP) is 1.61. The normalized spacial score (nSPS) is 17.6. The molecular formula is C12H20ClN3. The molecule has 1 saturated heterocycles. The molecule has 0 saturated carbocycles. The molecule has 0 spiro atoms. The van der Waals surface area contributed by atoms with Crippen LogP contribution in [-0.4, -0.2) is 36.1 Å². The first-order valence-electron chi connectivity index (χ1n) is 5.70. The Labute approximate surface area is 104 Å². The summed E-state index contributed by atoms with van der Waals surface area (Å²) in [6.45, 7) is 7.70. The molecule has 1 fully saturated rings. The molecule has 0 aromatic carbocycles. The second kappa shape index (κ2) is 6.84. The van der Waals surface area contributed by atoms with Gasteiger partial charge in [-0.25, -0.2) is 0 Å². The van der Waals surface area contributed by atoms with Gasteiger partial charge in [-0.3, -0.25) is 9.88 Å². The molecule has 0 radical (unpaired) electrons. The molecule has 0 aliphatic carbocycles. The van der Waals surface area contributed by atoms with Crippen molar-refractivity contribution in [2.45, 2.75) is 19.9 Å². The molecule has 1 aliphatic rings. The molecule has 1 aromatic heterocycles. The number of halogens is 1. The number of rotatable bonds is 2. The molecule has 0 amide bonds. The van der Waals surface area contributed by atoms with E-state index >= 15 is 0 Å². The zero-order chi connectivity index (χ0) is 10.5. The van der Waals surface area contributed by atoms with Crippen LogP contribution in [-0.2, 0) is 6.54 Å². The number of pyridine rings is 1. The summed E-state index contributed by atoms with van der Waals surface area (Å²) in [6.07, 6.45) is 3.13. The summed E-state index contributed by atoms with van der Waals surface area (Å²) in [5, 5.41) is 3.42. The van der Waals surface area contributed by atoms with Crippen molar-refractivity contribution in [3.05, 3.63) is 29.6 Å². The van der Waals surface area contributed by atoms with Crippen LogP contribution in [0.5, 0.6) is 0 Å². The van der Waals surface area contributed by atoms with Crippen molar-refractivity contribution in [1.82, 2.24) is 15.2 Å². The van der Waals surface area contributed by atoms with Crippen molar-refractivity contribution >= 4 is 12.4 Å². The van der Waals surface area contributed by atoms with E-state index < -0.39 is 0 Å². The lowest BCUT2D eigenvalue weighted by molar-refractivity contribution is 0.280. The lowest BCUT2D eigenvalue weighted by Crippen LogP contribution is -2.28. The number of nitrogens with zero attached hydrogens (tertiary/aromatic N) is 2. The maximum atomic E-state index is 4.44. The highest BCUT2D eigenvalue weighted by Crippen LogP contribution is 2.08. The Morgan fingerprint density at radius 2 is 2.25 bits per heavy atom. The lowest BCUT2D eigenvalue weighted by atomic mass is 10.2. The molecule has 0 atom stereocenters. The van der Waals surface area contributed by atoms with Crippen molar-refractivity contribution in [1.29, 1.82) is 0 Å². The molecule has 2 heterocycles. The van der Waals surface area contributed by atoms with Crippen LogP contribution in [0.1, 0.15) is 17.7 Å². The molecule has 3 nitrogen and oxygen atoms in total. The molecule has 16 heavy (non-hydrogen) atoms. The van der Waals surface area contributed by atoms with Crippen LogP contribution < -0.4 is 5.32 Å². The van der Waals surface area contributed by atoms with Gasteiger partial charge >= 0.3 is 0 Å². The molecule has 2 rings (SSSR count). The van der Waals surface area contributed by atoms with Crippen molar-refractivity contribution in [3.8, 4) is 0 Å². The first-order chi connectivity index (χ1) is 7.36. The number of hydrogen-bond acceptors (Lipinski definition) is 3. The molecule has 1 aliphatic heterocycles. The van der Waals surface area contributed by atoms with Gasteiger partial charge in [0.05, 0.1) is 5.69 Å². The maximum absolute atomic E-state index is 4.44. The van der Waals surface area contributed by atoms with Gasteiger partial charge in [0, 0.05) is 25.8 Å². The van der Waals surface area contributed by atoms with Gasteiger partial charge in [0.15, 0.2) is 0 Å². The largest absolute Gasteiger partial charge is 0.315 e. The average molecular weight is 242 g/mol. The standard InChI is InChI=1S/C12H19N3.ClH/c1-11-4-2-6-14-12(11)10-15-8-3-5-13-7-9-15;/h2,4,6,13H,3,5,7-10H2,1H3;1H. The Bertz CT molecular complexity index is 309. The van der Waals surface area contributed by atoms with E-state index in [-0.39, 0.29) is 12.4 Å². The molecule has 0 unspecified atom stereocenters. The summed E-state index contributed by atoms with van der Waals surface area (Å²) < 4.78 is 0. The summed E-state index contributed by atoms with van der Waals surface area (Å²) in [6, 6.07) is 4.14. The van der Waals surface area contributed by atoms with Gasteiger partial charge in [0.2, 0.25) is 0 Å². The van der Waals surface area contributed by atoms with Gasteiger partial charge in [-0.15, -0.1) is 12.4 Å². The minimum absolute atomic E-state index is 0. The van der Waals surface area contributed by atoms with E-state index in [0.717, 1.165) is 26.2 Å². The Balaban J connectivity index is 0.00000128. The van der Waals surface area contributed by atoms with E-state index in [1.807, 2.05) is 12.3 Å². The first-order valence-corrected chi connectivity index (χ1v) is 5.70. The van der Waals surface area contributed by atoms with Gasteiger partial charge in [0.25, 0.3) is 0 Å². The van der Waals surface area contributed by atoms with E-state index in [1.54, 1.807) is 0 Å². The van der Waals surface area contributed by atoms with Crippen molar-refractivity contribution < 1.29 is 0 Å². The number of aryl methyl sites for hydroxylation is 1. The van der Waals surface area contributed by atoms with E-state index in [1.165, 1.54) is 24.2 Å². The molecule has 1 aromatic rings. The summed E-state index contributed by atoms with van der Waals surface area (Å²) in [5.74, 6) is 0. The fraction of sp³-hybridized carbons (Fsp3) is 0.583. The topological polar surface area (TPSA) is 28.2 Å². The average Bonchev–Trinajstić information content (AvgIpc) is 2.50. The summed E-state index contributed by atoms with van der Waals surface area (Å²) in [4.78, 5) is 6.92. The molecule has 90 valence electrons. The third-order valence-corrected chi connectivity index (χ3v) is 2.92. The number of aromatic nitrogens is 1. The van der Waals surface area contributed by atoms with E-state index in [2.05, 4.69) is 28.2 Å². The maximum Gasteiger partial charge on any atom is 0.0573 e. The third-order valence-electron chi connectivity index (χ3n) is 2.92. The van der Waals surface area contributed by atoms with Gasteiger partial charge in [0.1, 0.15) is 0 Å². The highest BCUT2D eigenvalue weighted by atomic mass is 35.5. The fourth-order valence-electron chi connectivity index (χ4n) is 1.96. The van der Waals surface area contributed by atoms with Crippen LogP contribution in [0.3, 0.4) is 0 Å². The van der Waals surface area contributed by atoms with E-state index in [4.69, 9.17) is 0 Å². The van der Waals surface area contributed by atoms with E-state index in [0.29, 0.717) is 0 Å². The van der Waals surface area contributed by atoms with Gasteiger partial charge in [-0.1, -0.05) is 6.07 Å². The summed E-state index contributed by atoms with van der Waals surface area (Å²) in [5.41, 5.74) is 2.52. The Kier molecular flexibility index (Phi) is 5.74. The van der Waals surface area contributed by atoms with Crippen LogP contribution in [0.15, 0.2) is 18.3 Å². The van der Waals surface area contributed by atoms with Crippen LogP contribution in [0.2, 0.25) is 0 Å². The second-order valence-corrected chi connectivity index (χ2v) is 4.15. The monoisotopic (exact) mass is 241 g/mol. The SMILES string of the molecule is Cc1cccnc1CN1CCCNCC1.Cl. The molecule has 1 N–H and O–H groups in total. The predicted molar refractivity (Wildman–Crippen MR) is 69.0 cm³/mol. The zero-order valence-corrected chi connectivity index (χ0v) is 10.6. The van der Waals surface area contributed by atoms with Crippen LogP contribution in [0.25, 0.3) is 0 Å². The highest BCUT2D eigenvalue weighted by Gasteiger charge is 2.10. The second-order valence-electron chi connectivity index (χ2n) is 4.15. The molecule has 0 bridgehead atoms. The van der Waals surface area contributed by atoms with Crippen LogP contribution in [0.4, 0.5) is 0 Å². The van der Waals surface area contributed by atoms with Crippen LogP contribution in [0, 0.1) is 6.92 Å². The Morgan fingerprint density at radius 3 is 3.06 bits per heavy atom. The summed E-state index contributed by atoms with van der Waals surface area (Å²) >= 11 is 0. The zero-order valence-electron chi connectivity index (χ0n) is 9.78. The summed E-state index contributed by atoms with van der Waals surface area (Å²) in [7, 11) is 0. The minimum atomic E-state index is 0. The first kappa shape index (κ1) is 13.4. The van der Waals surface area contributed by atoms with Gasteiger partial charge in [-0.05, 0) is 38.1 Å². The Hall–Kier alpha value is -0.640. The van der Waals surface area contributed by atoms with Crippen molar-refractivity contribution in [3.63, 3.8) is 0 Å². The van der Waals surface area contributed by atoms with Crippen molar-refractivity contribution in [2.75, 3.05) is 26.2 Å². The highest BCUT2D eigenvalue weighted by molar-refractivity contribution is 5.85. The number of nitrogens with one attached hydrogen (secondary N) is 1. The third kappa shape index (κ3) is 3.74. The fourth-order valence-corrected chi connectivity index (χ4v) is 1.96. The lowest BCUT2D eigenvalue weighted by Gasteiger charge is -2.19. The smallest absolute Gasteiger partial charge is 0.0573 e. The van der Waals surface area contributed by atoms with Crippen molar-refractivity contribution in [2.24, 2.45) is 0 Å². The van der Waals surface area contributed by atoms with Gasteiger partial charge < -0.3 is 5.32 Å². The quantitative estimate of drug-likeness (QED) is 0.853. The molecule has 4 heteroatoms. The number of hydrogen-bond donors (Lipinski definition) is 1. The Morgan fingerprint density at radius 1 is 1.38 bits per heavy atom.